The fourth-order valence-electron chi connectivity index (χ4n) is 3.42. The standard InChI is InChI=1S/C15H20N2O2/c1-11(18)17-13-3-4-14(17)10-16(9-13)12-5-7-15(19-2)8-6-12/h5-8,13-14H,3-4,9-10H2,1-2H3. The van der Waals surface area contributed by atoms with Gasteiger partial charge in [0.15, 0.2) is 0 Å². The molecule has 1 aromatic rings. The van der Waals surface area contributed by atoms with Crippen molar-refractivity contribution in [2.24, 2.45) is 0 Å². The van der Waals surface area contributed by atoms with Crippen molar-refractivity contribution in [1.29, 1.82) is 0 Å². The van der Waals surface area contributed by atoms with Crippen molar-refractivity contribution in [3.05, 3.63) is 24.3 Å². The summed E-state index contributed by atoms with van der Waals surface area (Å²) in [6, 6.07) is 8.96. The summed E-state index contributed by atoms with van der Waals surface area (Å²) in [6.45, 7) is 3.58. The average Bonchev–Trinajstić information content (AvgIpc) is 2.70. The van der Waals surface area contributed by atoms with Gasteiger partial charge in [0.25, 0.3) is 0 Å². The third-order valence-electron chi connectivity index (χ3n) is 4.28. The van der Waals surface area contributed by atoms with Crippen LogP contribution in [0.15, 0.2) is 24.3 Å². The van der Waals surface area contributed by atoms with Crippen LogP contribution >= 0.6 is 0 Å². The Morgan fingerprint density at radius 2 is 1.74 bits per heavy atom. The van der Waals surface area contributed by atoms with Gasteiger partial charge in [0.05, 0.1) is 7.11 Å². The number of hydrogen-bond donors (Lipinski definition) is 0. The normalized spacial score (nSPS) is 25.6. The van der Waals surface area contributed by atoms with E-state index in [-0.39, 0.29) is 5.91 Å². The number of piperazine rings is 1. The van der Waals surface area contributed by atoms with Gasteiger partial charge in [0.1, 0.15) is 5.75 Å². The number of anilines is 1. The minimum absolute atomic E-state index is 0.224. The van der Waals surface area contributed by atoms with E-state index in [0.717, 1.165) is 31.7 Å². The molecule has 2 unspecified atom stereocenters. The Bertz CT molecular complexity index is 458. The molecule has 2 aliphatic heterocycles. The first-order valence-electron chi connectivity index (χ1n) is 6.87. The maximum absolute atomic E-state index is 11.7. The van der Waals surface area contributed by atoms with Crippen LogP contribution in [-0.4, -0.2) is 43.1 Å². The second-order valence-electron chi connectivity index (χ2n) is 5.41. The van der Waals surface area contributed by atoms with E-state index in [1.807, 2.05) is 12.1 Å². The third-order valence-corrected chi connectivity index (χ3v) is 4.28. The van der Waals surface area contributed by atoms with E-state index in [9.17, 15) is 4.79 Å². The average molecular weight is 260 g/mol. The maximum Gasteiger partial charge on any atom is 0.220 e. The van der Waals surface area contributed by atoms with Gasteiger partial charge in [-0.3, -0.25) is 4.79 Å². The van der Waals surface area contributed by atoms with Gasteiger partial charge in [0.2, 0.25) is 5.91 Å². The largest absolute Gasteiger partial charge is 0.497 e. The minimum atomic E-state index is 0.224. The lowest BCUT2D eigenvalue weighted by Crippen LogP contribution is -2.55. The smallest absolute Gasteiger partial charge is 0.220 e. The molecule has 102 valence electrons. The minimum Gasteiger partial charge on any atom is -0.497 e. The van der Waals surface area contributed by atoms with Crippen LogP contribution in [0.5, 0.6) is 5.75 Å². The monoisotopic (exact) mass is 260 g/mol. The molecule has 0 aromatic heterocycles. The zero-order chi connectivity index (χ0) is 13.4. The fourth-order valence-corrected chi connectivity index (χ4v) is 3.42. The number of nitrogens with zero attached hydrogens (tertiary/aromatic N) is 2. The molecule has 19 heavy (non-hydrogen) atoms. The number of amides is 1. The maximum atomic E-state index is 11.7. The number of benzene rings is 1. The molecule has 1 amide bonds. The molecule has 2 heterocycles. The predicted molar refractivity (Wildman–Crippen MR) is 74.5 cm³/mol. The quantitative estimate of drug-likeness (QED) is 0.814. The summed E-state index contributed by atoms with van der Waals surface area (Å²) in [5.74, 6) is 1.11. The Morgan fingerprint density at radius 3 is 2.21 bits per heavy atom. The number of carbonyl (C=O) groups is 1. The van der Waals surface area contributed by atoms with E-state index in [4.69, 9.17) is 4.74 Å². The topological polar surface area (TPSA) is 32.8 Å². The molecular formula is C15H20N2O2. The van der Waals surface area contributed by atoms with Crippen LogP contribution in [0, 0.1) is 0 Å². The van der Waals surface area contributed by atoms with Crippen LogP contribution in [0.1, 0.15) is 19.8 Å². The lowest BCUT2D eigenvalue weighted by Gasteiger charge is -2.41. The first-order valence-corrected chi connectivity index (χ1v) is 6.87. The number of rotatable bonds is 2. The van der Waals surface area contributed by atoms with Gasteiger partial charge in [-0.1, -0.05) is 0 Å². The molecule has 2 saturated heterocycles. The highest BCUT2D eigenvalue weighted by Gasteiger charge is 2.41. The van der Waals surface area contributed by atoms with Gasteiger partial charge in [-0.15, -0.1) is 0 Å². The second-order valence-corrected chi connectivity index (χ2v) is 5.41. The van der Waals surface area contributed by atoms with Gasteiger partial charge in [-0.2, -0.15) is 0 Å². The molecule has 0 saturated carbocycles. The molecule has 4 nitrogen and oxygen atoms in total. The van der Waals surface area contributed by atoms with Crippen LogP contribution in [-0.2, 0) is 4.79 Å². The molecule has 2 aliphatic rings. The SMILES string of the molecule is COc1ccc(N2CC3CCC(C2)N3C(C)=O)cc1. The van der Waals surface area contributed by atoms with Crippen LogP contribution in [0.2, 0.25) is 0 Å². The highest BCUT2D eigenvalue weighted by atomic mass is 16.5. The Balaban J connectivity index is 1.76. The van der Waals surface area contributed by atoms with Crippen molar-refractivity contribution in [3.63, 3.8) is 0 Å². The third kappa shape index (κ3) is 2.15. The summed E-state index contributed by atoms with van der Waals surface area (Å²) < 4.78 is 5.19. The first kappa shape index (κ1) is 12.3. The van der Waals surface area contributed by atoms with Crippen molar-refractivity contribution in [2.75, 3.05) is 25.1 Å². The lowest BCUT2D eigenvalue weighted by atomic mass is 10.1. The Morgan fingerprint density at radius 1 is 1.16 bits per heavy atom. The summed E-state index contributed by atoms with van der Waals surface area (Å²) in [6.07, 6.45) is 2.27. The molecule has 0 radical (unpaired) electrons. The highest BCUT2D eigenvalue weighted by Crippen LogP contribution is 2.33. The van der Waals surface area contributed by atoms with E-state index in [0.29, 0.717) is 12.1 Å². The molecular weight excluding hydrogens is 240 g/mol. The van der Waals surface area contributed by atoms with E-state index >= 15 is 0 Å². The zero-order valence-corrected chi connectivity index (χ0v) is 11.5. The molecule has 0 spiro atoms. The number of ether oxygens (including phenoxy) is 1. The van der Waals surface area contributed by atoms with Gasteiger partial charge in [-0.05, 0) is 37.1 Å². The number of carbonyl (C=O) groups excluding carboxylic acids is 1. The summed E-state index contributed by atoms with van der Waals surface area (Å²) in [5.41, 5.74) is 1.22. The lowest BCUT2D eigenvalue weighted by molar-refractivity contribution is -0.132. The molecule has 2 bridgehead atoms. The molecule has 2 atom stereocenters. The highest BCUT2D eigenvalue weighted by molar-refractivity contribution is 5.75. The molecule has 0 N–H and O–H groups in total. The van der Waals surface area contributed by atoms with Crippen LogP contribution in [0.4, 0.5) is 5.69 Å². The molecule has 3 rings (SSSR count). The van der Waals surface area contributed by atoms with Crippen LogP contribution in [0.25, 0.3) is 0 Å². The summed E-state index contributed by atoms with van der Waals surface area (Å²) in [5, 5.41) is 0. The zero-order valence-electron chi connectivity index (χ0n) is 11.5. The van der Waals surface area contributed by atoms with E-state index in [2.05, 4.69) is 21.9 Å². The number of fused-ring (bicyclic) bond motifs is 2. The Hall–Kier alpha value is -1.71. The summed E-state index contributed by atoms with van der Waals surface area (Å²) in [4.78, 5) is 16.2. The first-order chi connectivity index (χ1) is 9.19. The van der Waals surface area contributed by atoms with E-state index in [1.165, 1.54) is 5.69 Å². The van der Waals surface area contributed by atoms with Crippen molar-refractivity contribution < 1.29 is 9.53 Å². The van der Waals surface area contributed by atoms with Crippen molar-refractivity contribution >= 4 is 11.6 Å². The van der Waals surface area contributed by atoms with Crippen molar-refractivity contribution in [1.82, 2.24) is 4.90 Å². The molecule has 0 aliphatic carbocycles. The Labute approximate surface area is 113 Å². The van der Waals surface area contributed by atoms with Gasteiger partial charge >= 0.3 is 0 Å². The Kier molecular flexibility index (Phi) is 3.09. The molecule has 2 fully saturated rings. The molecule has 4 heteroatoms. The van der Waals surface area contributed by atoms with E-state index in [1.54, 1.807) is 14.0 Å². The number of hydrogen-bond acceptors (Lipinski definition) is 3. The van der Waals surface area contributed by atoms with Crippen molar-refractivity contribution in [2.45, 2.75) is 31.8 Å². The van der Waals surface area contributed by atoms with Crippen LogP contribution in [0.3, 0.4) is 0 Å². The van der Waals surface area contributed by atoms with Gasteiger partial charge in [0, 0.05) is 37.8 Å². The van der Waals surface area contributed by atoms with Crippen molar-refractivity contribution in [3.8, 4) is 5.75 Å². The van der Waals surface area contributed by atoms with Crippen LogP contribution < -0.4 is 9.64 Å². The second kappa shape index (κ2) is 4.76. The summed E-state index contributed by atoms with van der Waals surface area (Å²) >= 11 is 0. The van der Waals surface area contributed by atoms with E-state index < -0.39 is 0 Å². The van der Waals surface area contributed by atoms with Gasteiger partial charge < -0.3 is 14.5 Å². The predicted octanol–water partition coefficient (Wildman–Crippen LogP) is 1.89. The summed E-state index contributed by atoms with van der Waals surface area (Å²) in [7, 11) is 1.68. The fraction of sp³-hybridized carbons (Fsp3) is 0.533. The van der Waals surface area contributed by atoms with Gasteiger partial charge in [-0.25, -0.2) is 0 Å². The molecule has 1 aromatic carbocycles. The number of methoxy groups -OCH3 is 1.